The molecule has 0 unspecified atom stereocenters. The number of benzene rings is 2. The number of para-hydroxylation sites is 1. The van der Waals surface area contributed by atoms with Crippen molar-refractivity contribution in [1.82, 2.24) is 9.66 Å². The van der Waals surface area contributed by atoms with Crippen LogP contribution in [0.2, 0.25) is 0 Å². The Balaban J connectivity index is 2.21. The molecule has 0 aliphatic rings. The molecular weight excluding hydrogens is 464 g/mol. The molecule has 0 N–H and O–H groups in total. The average molecular weight is 487 g/mol. The Hall–Kier alpha value is -3.07. The molecule has 0 saturated carbocycles. The third-order valence-corrected chi connectivity index (χ3v) is 5.27. The lowest BCUT2D eigenvalue weighted by Gasteiger charge is -2.15. The van der Waals surface area contributed by atoms with Crippen LogP contribution in [0.5, 0.6) is 5.75 Å². The Kier molecular flexibility index (Phi) is 6.84. The van der Waals surface area contributed by atoms with E-state index in [9.17, 15) is 14.9 Å². The second-order valence-electron chi connectivity index (χ2n) is 7.42. The highest BCUT2D eigenvalue weighted by molar-refractivity contribution is 9.10. The quantitative estimate of drug-likeness (QED) is 0.258. The first-order chi connectivity index (χ1) is 14.7. The third-order valence-electron chi connectivity index (χ3n) is 4.77. The Morgan fingerprint density at radius 1 is 1.29 bits per heavy atom. The molecule has 0 saturated heterocycles. The second-order valence-corrected chi connectivity index (χ2v) is 8.34. The molecule has 162 valence electrons. The van der Waals surface area contributed by atoms with Crippen molar-refractivity contribution in [3.8, 4) is 5.75 Å². The van der Waals surface area contributed by atoms with E-state index >= 15 is 0 Å². The fraction of sp³-hybridized carbons (Fsp3) is 0.318. The van der Waals surface area contributed by atoms with E-state index < -0.39 is 4.92 Å². The summed E-state index contributed by atoms with van der Waals surface area (Å²) in [6.45, 7) is 7.55. The molecule has 0 radical (unpaired) electrons. The highest BCUT2D eigenvalue weighted by Gasteiger charge is 2.20. The number of aromatic nitrogens is 2. The first-order valence-corrected chi connectivity index (χ1v) is 10.7. The van der Waals surface area contributed by atoms with Crippen LogP contribution in [0.15, 0.2) is 50.8 Å². The molecule has 0 aliphatic carbocycles. The SMILES string of the molecule is CC[C@@H](C)c1nc2ccc(Br)cc2c(=O)n1N=Cc1cccc([N+](=O)[O-])c1OC(C)C. The molecule has 1 heterocycles. The van der Waals surface area contributed by atoms with Gasteiger partial charge in [0.25, 0.3) is 5.56 Å². The van der Waals surface area contributed by atoms with Crippen LogP contribution in [0.3, 0.4) is 0 Å². The number of hydrogen-bond donors (Lipinski definition) is 0. The van der Waals surface area contributed by atoms with Gasteiger partial charge >= 0.3 is 5.69 Å². The van der Waals surface area contributed by atoms with Gasteiger partial charge in [-0.15, -0.1) is 0 Å². The first kappa shape index (κ1) is 22.6. The van der Waals surface area contributed by atoms with Crippen molar-refractivity contribution < 1.29 is 9.66 Å². The largest absolute Gasteiger partial charge is 0.484 e. The molecular formula is C22H23BrN4O4. The summed E-state index contributed by atoms with van der Waals surface area (Å²) in [6, 6.07) is 9.92. The molecule has 1 aromatic heterocycles. The van der Waals surface area contributed by atoms with Crippen molar-refractivity contribution >= 4 is 38.7 Å². The van der Waals surface area contributed by atoms with Crippen LogP contribution in [-0.4, -0.2) is 26.9 Å². The number of halogens is 1. The Morgan fingerprint density at radius 3 is 2.68 bits per heavy atom. The minimum atomic E-state index is -0.499. The smallest absolute Gasteiger partial charge is 0.311 e. The summed E-state index contributed by atoms with van der Waals surface area (Å²) in [5.74, 6) is 0.616. The lowest BCUT2D eigenvalue weighted by atomic mass is 10.1. The average Bonchev–Trinajstić information content (AvgIpc) is 2.73. The number of nitrogens with zero attached hydrogens (tertiary/aromatic N) is 4. The normalized spacial score (nSPS) is 12.6. The van der Waals surface area contributed by atoms with Crippen LogP contribution >= 0.6 is 15.9 Å². The van der Waals surface area contributed by atoms with Crippen molar-refractivity contribution in [2.45, 2.75) is 46.1 Å². The molecule has 2 aromatic carbocycles. The van der Waals surface area contributed by atoms with E-state index in [2.05, 4.69) is 26.0 Å². The highest BCUT2D eigenvalue weighted by atomic mass is 79.9. The predicted molar refractivity (Wildman–Crippen MR) is 124 cm³/mol. The predicted octanol–water partition coefficient (Wildman–Crippen LogP) is 5.25. The maximum atomic E-state index is 13.2. The van der Waals surface area contributed by atoms with E-state index in [0.29, 0.717) is 22.3 Å². The Morgan fingerprint density at radius 2 is 2.03 bits per heavy atom. The van der Waals surface area contributed by atoms with Crippen LogP contribution in [0, 0.1) is 10.1 Å². The van der Waals surface area contributed by atoms with Gasteiger partial charge in [0.15, 0.2) is 0 Å². The zero-order valence-electron chi connectivity index (χ0n) is 17.7. The van der Waals surface area contributed by atoms with Gasteiger partial charge in [0.05, 0.1) is 28.1 Å². The van der Waals surface area contributed by atoms with E-state index in [1.165, 1.54) is 17.0 Å². The molecule has 0 aliphatic heterocycles. The van der Waals surface area contributed by atoms with Crippen LogP contribution in [0.25, 0.3) is 10.9 Å². The van der Waals surface area contributed by atoms with Crippen molar-refractivity contribution in [3.63, 3.8) is 0 Å². The van der Waals surface area contributed by atoms with Gasteiger partial charge in [-0.2, -0.15) is 9.78 Å². The highest BCUT2D eigenvalue weighted by Crippen LogP contribution is 2.31. The van der Waals surface area contributed by atoms with Crippen LogP contribution in [0.1, 0.15) is 51.4 Å². The molecule has 3 aromatic rings. The van der Waals surface area contributed by atoms with Gasteiger partial charge < -0.3 is 4.74 Å². The minimum absolute atomic E-state index is 0.0191. The first-order valence-electron chi connectivity index (χ1n) is 9.93. The molecule has 1 atom stereocenters. The standard InChI is InChI=1S/C22H23BrN4O4/c1-5-14(4)21-25-18-10-9-16(23)11-17(18)22(28)26(21)24-12-15-7-6-8-19(27(29)30)20(15)31-13(2)3/h6-14H,5H2,1-4H3/t14-/m1/s1. The molecule has 0 amide bonds. The van der Waals surface area contributed by atoms with Gasteiger partial charge in [-0.3, -0.25) is 14.9 Å². The monoisotopic (exact) mass is 486 g/mol. The summed E-state index contributed by atoms with van der Waals surface area (Å²) < 4.78 is 7.73. The van der Waals surface area contributed by atoms with Gasteiger partial charge in [-0.1, -0.05) is 35.8 Å². The number of fused-ring (bicyclic) bond motifs is 1. The number of nitro benzene ring substituents is 1. The maximum absolute atomic E-state index is 13.2. The number of nitro groups is 1. The topological polar surface area (TPSA) is 99.6 Å². The molecule has 9 heteroatoms. The molecule has 31 heavy (non-hydrogen) atoms. The summed E-state index contributed by atoms with van der Waals surface area (Å²) in [5, 5.41) is 16.3. The number of rotatable bonds is 7. The fourth-order valence-electron chi connectivity index (χ4n) is 3.05. The summed E-state index contributed by atoms with van der Waals surface area (Å²) in [5.41, 5.74) is 0.524. The van der Waals surface area contributed by atoms with Crippen molar-refractivity contribution in [2.24, 2.45) is 5.10 Å². The van der Waals surface area contributed by atoms with E-state index in [0.717, 1.165) is 10.9 Å². The number of hydrogen-bond acceptors (Lipinski definition) is 6. The van der Waals surface area contributed by atoms with Crippen molar-refractivity contribution in [3.05, 3.63) is 72.7 Å². The van der Waals surface area contributed by atoms with Crippen LogP contribution < -0.4 is 10.3 Å². The minimum Gasteiger partial charge on any atom is -0.484 e. The van der Waals surface area contributed by atoms with E-state index in [-0.39, 0.29) is 29.0 Å². The second kappa shape index (κ2) is 9.38. The molecule has 0 bridgehead atoms. The van der Waals surface area contributed by atoms with E-state index in [1.807, 2.05) is 19.9 Å². The van der Waals surface area contributed by atoms with Crippen molar-refractivity contribution in [1.29, 1.82) is 0 Å². The molecule has 0 fully saturated rings. The molecule has 8 nitrogen and oxygen atoms in total. The van der Waals surface area contributed by atoms with Gasteiger partial charge in [0.1, 0.15) is 5.82 Å². The van der Waals surface area contributed by atoms with Crippen LogP contribution in [-0.2, 0) is 0 Å². The molecule has 3 rings (SSSR count). The Labute approximate surface area is 187 Å². The molecule has 0 spiro atoms. The Bertz CT molecular complexity index is 1220. The summed E-state index contributed by atoms with van der Waals surface area (Å²) >= 11 is 3.39. The summed E-state index contributed by atoms with van der Waals surface area (Å²) in [7, 11) is 0. The van der Waals surface area contributed by atoms with Gasteiger partial charge in [0, 0.05) is 22.0 Å². The fourth-order valence-corrected chi connectivity index (χ4v) is 3.41. The van der Waals surface area contributed by atoms with Gasteiger partial charge in [0.2, 0.25) is 5.75 Å². The maximum Gasteiger partial charge on any atom is 0.311 e. The number of ether oxygens (including phenoxy) is 1. The lowest BCUT2D eigenvalue weighted by molar-refractivity contribution is -0.386. The van der Waals surface area contributed by atoms with Gasteiger partial charge in [-0.05, 0) is 44.5 Å². The summed E-state index contributed by atoms with van der Waals surface area (Å²) in [6.07, 6.45) is 1.90. The van der Waals surface area contributed by atoms with E-state index in [1.54, 1.807) is 38.1 Å². The van der Waals surface area contributed by atoms with Crippen molar-refractivity contribution in [2.75, 3.05) is 0 Å². The zero-order chi connectivity index (χ0) is 22.7. The third kappa shape index (κ3) is 4.82. The lowest BCUT2D eigenvalue weighted by Crippen LogP contribution is -2.23. The van der Waals surface area contributed by atoms with E-state index in [4.69, 9.17) is 4.74 Å². The van der Waals surface area contributed by atoms with Gasteiger partial charge in [-0.25, -0.2) is 4.98 Å². The van der Waals surface area contributed by atoms with Crippen LogP contribution in [0.4, 0.5) is 5.69 Å². The zero-order valence-corrected chi connectivity index (χ0v) is 19.3. The summed E-state index contributed by atoms with van der Waals surface area (Å²) in [4.78, 5) is 28.9.